The molecule has 1 fully saturated rings. The summed E-state index contributed by atoms with van der Waals surface area (Å²) in [5.74, 6) is -0.754. The molecular formula is C31H40N6O7S. The van der Waals surface area contributed by atoms with Crippen molar-refractivity contribution in [1.82, 2.24) is 19.7 Å². The minimum atomic E-state index is -0.723. The molecule has 3 aromatic heterocycles. The normalized spacial score (nSPS) is 15.7. The summed E-state index contributed by atoms with van der Waals surface area (Å²) in [4.78, 5) is 62.7. The van der Waals surface area contributed by atoms with Gasteiger partial charge in [-0.05, 0) is 51.8 Å². The molecule has 0 saturated carbocycles. The van der Waals surface area contributed by atoms with Gasteiger partial charge in [-0.1, -0.05) is 20.8 Å². The van der Waals surface area contributed by atoms with Gasteiger partial charge in [-0.25, -0.2) is 19.6 Å². The van der Waals surface area contributed by atoms with Gasteiger partial charge in [0, 0.05) is 41.7 Å². The Morgan fingerprint density at radius 1 is 1.18 bits per heavy atom. The number of aliphatic hydroxyl groups excluding tert-OH is 1. The van der Waals surface area contributed by atoms with E-state index in [0.29, 0.717) is 24.5 Å². The second-order valence-electron chi connectivity index (χ2n) is 12.7. The summed E-state index contributed by atoms with van der Waals surface area (Å²) >= 11 is 1.33. The monoisotopic (exact) mass is 640 g/mol. The first-order valence-corrected chi connectivity index (χ1v) is 15.6. The van der Waals surface area contributed by atoms with Crippen molar-refractivity contribution in [3.05, 3.63) is 57.0 Å². The molecule has 0 spiro atoms. The number of hydrogen-bond donors (Lipinski definition) is 3. The lowest BCUT2D eigenvalue weighted by atomic mass is 9.93. The molecule has 1 aliphatic rings. The van der Waals surface area contributed by atoms with Crippen molar-refractivity contribution in [3.8, 4) is 0 Å². The number of esters is 1. The lowest BCUT2D eigenvalue weighted by Gasteiger charge is -2.33. The lowest BCUT2D eigenvalue weighted by Crippen LogP contribution is -2.43. The molecule has 0 aliphatic carbocycles. The molecule has 1 saturated heterocycles. The number of nitrogens with zero attached hydrogens (tertiary/aromatic N) is 4. The second-order valence-corrected chi connectivity index (χ2v) is 13.5. The van der Waals surface area contributed by atoms with E-state index in [1.165, 1.54) is 46.2 Å². The van der Waals surface area contributed by atoms with E-state index in [0.717, 1.165) is 5.69 Å². The molecule has 1 atom stereocenters. The van der Waals surface area contributed by atoms with E-state index in [9.17, 15) is 19.2 Å². The zero-order chi connectivity index (χ0) is 32.9. The Bertz CT molecular complexity index is 1650. The fourth-order valence-corrected chi connectivity index (χ4v) is 5.51. The molecule has 4 rings (SSSR count). The SMILES string of the molecule is CC(C)(C)OC(=O)C=Cc1c(N2CCC[C@@H](OC(=O)NCCO)C2)nc2cc(C(=O)Nc3nc(C(C)(C)C)cs3)ccn2c1=O. The minimum Gasteiger partial charge on any atom is -0.457 e. The summed E-state index contributed by atoms with van der Waals surface area (Å²) in [5.41, 5.74) is 0.146. The van der Waals surface area contributed by atoms with Crippen molar-refractivity contribution in [3.63, 3.8) is 0 Å². The van der Waals surface area contributed by atoms with Crippen molar-refractivity contribution >= 4 is 52.0 Å². The van der Waals surface area contributed by atoms with E-state index in [1.807, 2.05) is 31.1 Å². The number of amides is 2. The molecule has 0 radical (unpaired) electrons. The predicted molar refractivity (Wildman–Crippen MR) is 172 cm³/mol. The Hall–Kier alpha value is -4.30. The summed E-state index contributed by atoms with van der Waals surface area (Å²) in [6.45, 7) is 11.9. The number of fused-ring (bicyclic) bond motifs is 1. The third-order valence-corrected chi connectivity index (χ3v) is 7.48. The Morgan fingerprint density at radius 2 is 1.93 bits per heavy atom. The fraction of sp³-hybridized carbons (Fsp3) is 0.484. The van der Waals surface area contributed by atoms with Crippen molar-refractivity contribution in [2.75, 3.05) is 36.5 Å². The number of aliphatic hydroxyl groups is 1. The molecule has 3 N–H and O–H groups in total. The van der Waals surface area contributed by atoms with Crippen LogP contribution in [0, 0.1) is 0 Å². The summed E-state index contributed by atoms with van der Waals surface area (Å²) < 4.78 is 12.2. The molecule has 2 amide bonds. The highest BCUT2D eigenvalue weighted by molar-refractivity contribution is 7.14. The number of alkyl carbamates (subject to hydrolysis) is 1. The topological polar surface area (TPSA) is 164 Å². The number of rotatable bonds is 8. The number of aromatic nitrogens is 3. The third-order valence-electron chi connectivity index (χ3n) is 6.73. The zero-order valence-electron chi connectivity index (χ0n) is 26.4. The number of pyridine rings is 1. The van der Waals surface area contributed by atoms with Gasteiger partial charge in [0.15, 0.2) is 5.13 Å². The number of hydrogen-bond acceptors (Lipinski definition) is 11. The van der Waals surface area contributed by atoms with Crippen LogP contribution in [0.2, 0.25) is 0 Å². The first-order chi connectivity index (χ1) is 21.1. The summed E-state index contributed by atoms with van der Waals surface area (Å²) in [6.07, 6.45) is 4.09. The minimum absolute atomic E-state index is 0.0636. The molecule has 1 aliphatic heterocycles. The number of carbonyl (C=O) groups excluding carboxylic acids is 3. The lowest BCUT2D eigenvalue weighted by molar-refractivity contribution is -0.148. The third kappa shape index (κ3) is 8.88. The highest BCUT2D eigenvalue weighted by atomic mass is 32.1. The summed E-state index contributed by atoms with van der Waals surface area (Å²) in [6, 6.07) is 3.03. The van der Waals surface area contributed by atoms with Crippen LogP contribution < -0.4 is 21.1 Å². The summed E-state index contributed by atoms with van der Waals surface area (Å²) in [5, 5.41) is 16.6. The Balaban J connectivity index is 1.69. The standard InChI is InChI=1S/C31H40N6O7S/c1-30(2,3)22-18-45-28(33-22)35-26(40)19-11-14-37-23(16-19)34-25(21(27(37)41)9-10-24(39)44-31(4,5)6)36-13-7-8-20(17-36)43-29(42)32-12-15-38/h9-11,14,16,18,20,38H,7-8,12-13,15,17H2,1-6H3,(H,32,42)(H,33,35,40)/t20-/m1/s1. The van der Waals surface area contributed by atoms with Crippen molar-refractivity contribution in [2.24, 2.45) is 0 Å². The van der Waals surface area contributed by atoms with E-state index >= 15 is 0 Å². The van der Waals surface area contributed by atoms with Crippen LogP contribution in [0.4, 0.5) is 15.7 Å². The van der Waals surface area contributed by atoms with E-state index < -0.39 is 35.2 Å². The number of nitrogens with one attached hydrogen (secondary N) is 2. The van der Waals surface area contributed by atoms with Gasteiger partial charge >= 0.3 is 12.1 Å². The average Bonchev–Trinajstić information content (AvgIpc) is 3.43. The van der Waals surface area contributed by atoms with E-state index in [1.54, 1.807) is 20.8 Å². The van der Waals surface area contributed by atoms with Crippen LogP contribution in [0.25, 0.3) is 11.7 Å². The van der Waals surface area contributed by atoms with Gasteiger partial charge < -0.3 is 24.8 Å². The number of anilines is 2. The highest BCUT2D eigenvalue weighted by Crippen LogP contribution is 2.27. The van der Waals surface area contributed by atoms with Gasteiger partial charge in [-0.3, -0.25) is 19.3 Å². The van der Waals surface area contributed by atoms with Gasteiger partial charge in [-0.2, -0.15) is 0 Å². The predicted octanol–water partition coefficient (Wildman–Crippen LogP) is 3.74. The first kappa shape index (κ1) is 33.6. The quantitative estimate of drug-likeness (QED) is 0.244. The van der Waals surface area contributed by atoms with Crippen LogP contribution in [-0.4, -0.2) is 75.4 Å². The maximum atomic E-state index is 13.8. The zero-order valence-corrected chi connectivity index (χ0v) is 27.2. The van der Waals surface area contributed by atoms with Gasteiger partial charge in [0.2, 0.25) is 0 Å². The Morgan fingerprint density at radius 3 is 2.60 bits per heavy atom. The largest absolute Gasteiger partial charge is 0.457 e. The van der Waals surface area contributed by atoms with Crippen molar-refractivity contribution in [1.29, 1.82) is 0 Å². The van der Waals surface area contributed by atoms with Crippen LogP contribution in [0.5, 0.6) is 0 Å². The molecule has 4 heterocycles. The van der Waals surface area contributed by atoms with Crippen LogP contribution in [0.15, 0.2) is 34.6 Å². The number of carbonyl (C=O) groups is 3. The number of thiazole rings is 1. The maximum absolute atomic E-state index is 13.8. The van der Waals surface area contributed by atoms with Gasteiger partial charge in [-0.15, -0.1) is 11.3 Å². The van der Waals surface area contributed by atoms with Crippen LogP contribution in [0.3, 0.4) is 0 Å². The van der Waals surface area contributed by atoms with E-state index in [-0.39, 0.29) is 47.7 Å². The van der Waals surface area contributed by atoms with Gasteiger partial charge in [0.05, 0.1) is 24.4 Å². The molecule has 0 aromatic carbocycles. The second kappa shape index (κ2) is 13.8. The average molecular weight is 641 g/mol. The number of piperidine rings is 1. The van der Waals surface area contributed by atoms with Crippen molar-refractivity contribution < 1.29 is 29.0 Å². The van der Waals surface area contributed by atoms with Gasteiger partial charge in [0.1, 0.15) is 23.2 Å². The molecule has 0 unspecified atom stereocenters. The van der Waals surface area contributed by atoms with Gasteiger partial charge in [0.25, 0.3) is 11.5 Å². The van der Waals surface area contributed by atoms with Crippen LogP contribution in [0.1, 0.15) is 76.0 Å². The smallest absolute Gasteiger partial charge is 0.407 e. The van der Waals surface area contributed by atoms with Crippen LogP contribution in [-0.2, 0) is 19.7 Å². The molecule has 3 aromatic rings. The summed E-state index contributed by atoms with van der Waals surface area (Å²) in [7, 11) is 0. The van der Waals surface area contributed by atoms with E-state index in [2.05, 4.69) is 15.6 Å². The number of ether oxygens (including phenoxy) is 2. The first-order valence-electron chi connectivity index (χ1n) is 14.7. The molecule has 0 bridgehead atoms. The molecular weight excluding hydrogens is 600 g/mol. The van der Waals surface area contributed by atoms with Crippen molar-refractivity contribution in [2.45, 2.75) is 71.5 Å². The maximum Gasteiger partial charge on any atom is 0.407 e. The fourth-order valence-electron chi connectivity index (χ4n) is 4.58. The molecule has 13 nitrogen and oxygen atoms in total. The molecule has 45 heavy (non-hydrogen) atoms. The Kier molecular flexibility index (Phi) is 10.3. The Labute approximate surface area is 265 Å². The van der Waals surface area contributed by atoms with Crippen LogP contribution >= 0.6 is 11.3 Å². The molecule has 14 heteroatoms. The van der Waals surface area contributed by atoms with E-state index in [4.69, 9.17) is 19.6 Å². The molecule has 242 valence electrons. The highest BCUT2D eigenvalue weighted by Gasteiger charge is 2.27.